The molecule has 1 aromatic heterocycles. The SMILES string of the molecule is CCCN1CCCn2nc(CNC(=O)[C@H](CO)NC)cc2C1.Cl.Cl. The van der Waals surface area contributed by atoms with Crippen molar-refractivity contribution in [1.29, 1.82) is 0 Å². The molecule has 2 rings (SSSR count). The molecule has 1 atom stereocenters. The van der Waals surface area contributed by atoms with Crippen LogP contribution in [0.1, 0.15) is 31.2 Å². The summed E-state index contributed by atoms with van der Waals surface area (Å²) in [5.41, 5.74) is 2.08. The predicted octanol–water partition coefficient (Wildman–Crippen LogP) is 0.539. The normalized spacial score (nSPS) is 15.5. The summed E-state index contributed by atoms with van der Waals surface area (Å²) in [5.74, 6) is -0.208. The minimum absolute atomic E-state index is 0. The van der Waals surface area contributed by atoms with Crippen LogP contribution in [0, 0.1) is 0 Å². The van der Waals surface area contributed by atoms with Crippen LogP contribution in [0.25, 0.3) is 0 Å². The van der Waals surface area contributed by atoms with Gasteiger partial charge in [-0.25, -0.2) is 0 Å². The maximum Gasteiger partial charge on any atom is 0.239 e. The first-order valence-electron chi connectivity index (χ1n) is 8.01. The molecule has 2 heterocycles. The van der Waals surface area contributed by atoms with Gasteiger partial charge >= 0.3 is 0 Å². The van der Waals surface area contributed by atoms with Crippen molar-refractivity contribution >= 4 is 30.7 Å². The number of halogens is 2. The number of carbonyl (C=O) groups excluding carboxylic acids is 1. The van der Waals surface area contributed by atoms with E-state index in [9.17, 15) is 4.79 Å². The van der Waals surface area contributed by atoms with E-state index < -0.39 is 6.04 Å². The fraction of sp³-hybridized carbons (Fsp3) is 0.733. The molecule has 1 aromatic rings. The lowest BCUT2D eigenvalue weighted by molar-refractivity contribution is -0.124. The number of aromatic nitrogens is 2. The topological polar surface area (TPSA) is 82.4 Å². The molecule has 0 aliphatic carbocycles. The van der Waals surface area contributed by atoms with E-state index in [1.807, 2.05) is 0 Å². The first-order chi connectivity index (χ1) is 10.7. The molecule has 0 bridgehead atoms. The van der Waals surface area contributed by atoms with Crippen molar-refractivity contribution in [2.24, 2.45) is 0 Å². The van der Waals surface area contributed by atoms with E-state index in [4.69, 9.17) is 5.11 Å². The molecule has 0 radical (unpaired) electrons. The Morgan fingerprint density at radius 3 is 2.79 bits per heavy atom. The monoisotopic (exact) mass is 381 g/mol. The van der Waals surface area contributed by atoms with E-state index in [-0.39, 0.29) is 37.3 Å². The maximum atomic E-state index is 11.8. The van der Waals surface area contributed by atoms with Gasteiger partial charge in [0.1, 0.15) is 6.04 Å². The second-order valence-electron chi connectivity index (χ2n) is 5.72. The number of aliphatic hydroxyl groups is 1. The Morgan fingerprint density at radius 2 is 2.17 bits per heavy atom. The predicted molar refractivity (Wildman–Crippen MR) is 98.7 cm³/mol. The van der Waals surface area contributed by atoms with Crippen molar-refractivity contribution in [3.8, 4) is 0 Å². The van der Waals surface area contributed by atoms with Gasteiger partial charge in [0.15, 0.2) is 0 Å². The van der Waals surface area contributed by atoms with E-state index in [0.717, 1.165) is 44.7 Å². The summed E-state index contributed by atoms with van der Waals surface area (Å²) in [4.78, 5) is 14.3. The fourth-order valence-corrected chi connectivity index (χ4v) is 2.79. The lowest BCUT2D eigenvalue weighted by Gasteiger charge is -2.17. The average Bonchev–Trinajstić information content (AvgIpc) is 2.79. The third-order valence-corrected chi connectivity index (χ3v) is 3.97. The van der Waals surface area contributed by atoms with Gasteiger partial charge in [-0.2, -0.15) is 5.10 Å². The Balaban J connectivity index is 0.00000264. The minimum atomic E-state index is -0.569. The third-order valence-electron chi connectivity index (χ3n) is 3.97. The molecule has 140 valence electrons. The molecule has 0 unspecified atom stereocenters. The highest BCUT2D eigenvalue weighted by atomic mass is 35.5. The zero-order chi connectivity index (χ0) is 15.9. The van der Waals surface area contributed by atoms with Crippen LogP contribution >= 0.6 is 24.8 Å². The number of hydrogen-bond acceptors (Lipinski definition) is 5. The van der Waals surface area contributed by atoms with E-state index in [1.165, 1.54) is 5.69 Å². The Morgan fingerprint density at radius 1 is 1.42 bits per heavy atom. The largest absolute Gasteiger partial charge is 0.394 e. The standard InChI is InChI=1S/C15H27N5O2.2ClH/c1-3-5-19-6-4-7-20-13(10-19)8-12(18-20)9-17-15(22)14(11-21)16-2;;/h8,14,16,21H,3-7,9-11H2,1-2H3,(H,17,22);2*1H/t14-;;/m0../s1. The van der Waals surface area contributed by atoms with Gasteiger partial charge < -0.3 is 15.7 Å². The second-order valence-corrected chi connectivity index (χ2v) is 5.72. The van der Waals surface area contributed by atoms with Crippen molar-refractivity contribution in [3.63, 3.8) is 0 Å². The Bertz CT molecular complexity index is 494. The van der Waals surface area contributed by atoms with Gasteiger partial charge in [0.05, 0.1) is 24.5 Å². The van der Waals surface area contributed by atoms with Gasteiger partial charge in [0, 0.05) is 19.6 Å². The molecule has 24 heavy (non-hydrogen) atoms. The number of amides is 1. The molecule has 1 aliphatic rings. The number of carbonyl (C=O) groups is 1. The second kappa shape index (κ2) is 11.7. The zero-order valence-corrected chi connectivity index (χ0v) is 16.0. The van der Waals surface area contributed by atoms with Crippen LogP contribution in [-0.2, 0) is 24.4 Å². The summed E-state index contributed by atoms with van der Waals surface area (Å²) in [7, 11) is 1.65. The van der Waals surface area contributed by atoms with Crippen LogP contribution in [0.5, 0.6) is 0 Å². The van der Waals surface area contributed by atoms with Crippen LogP contribution in [0.4, 0.5) is 0 Å². The van der Waals surface area contributed by atoms with Crippen molar-refractivity contribution in [2.75, 3.05) is 26.7 Å². The molecule has 0 fully saturated rings. The Kier molecular flexibility index (Phi) is 11.2. The van der Waals surface area contributed by atoms with E-state index >= 15 is 0 Å². The number of aryl methyl sites for hydroxylation is 1. The number of nitrogens with zero attached hydrogens (tertiary/aromatic N) is 3. The molecule has 9 heteroatoms. The summed E-state index contributed by atoms with van der Waals surface area (Å²) in [6, 6.07) is 1.50. The highest BCUT2D eigenvalue weighted by Crippen LogP contribution is 2.14. The Hall–Kier alpha value is -0.860. The van der Waals surface area contributed by atoms with Gasteiger partial charge in [0.25, 0.3) is 0 Å². The number of nitrogens with one attached hydrogen (secondary N) is 2. The first kappa shape index (κ1) is 23.1. The zero-order valence-electron chi connectivity index (χ0n) is 14.3. The number of hydrogen-bond donors (Lipinski definition) is 3. The number of fused-ring (bicyclic) bond motifs is 1. The van der Waals surface area contributed by atoms with Gasteiger partial charge in [-0.05, 0) is 32.5 Å². The molecule has 0 spiro atoms. The van der Waals surface area contributed by atoms with E-state index in [1.54, 1.807) is 7.05 Å². The minimum Gasteiger partial charge on any atom is -0.394 e. The molecular weight excluding hydrogens is 353 g/mol. The summed E-state index contributed by atoms with van der Waals surface area (Å²) in [5, 5.41) is 19.3. The van der Waals surface area contributed by atoms with Crippen LogP contribution in [0.3, 0.4) is 0 Å². The van der Waals surface area contributed by atoms with Crippen LogP contribution < -0.4 is 10.6 Å². The van der Waals surface area contributed by atoms with Crippen LogP contribution in [-0.4, -0.2) is 58.5 Å². The van der Waals surface area contributed by atoms with E-state index in [2.05, 4.69) is 38.3 Å². The molecule has 0 aromatic carbocycles. The first-order valence-corrected chi connectivity index (χ1v) is 8.01. The molecule has 0 saturated carbocycles. The summed E-state index contributed by atoms with van der Waals surface area (Å²) >= 11 is 0. The number of aliphatic hydroxyl groups excluding tert-OH is 1. The summed E-state index contributed by atoms with van der Waals surface area (Å²) in [6.07, 6.45) is 2.26. The van der Waals surface area contributed by atoms with Gasteiger partial charge in [-0.1, -0.05) is 6.92 Å². The number of rotatable bonds is 7. The molecule has 7 nitrogen and oxygen atoms in total. The fourth-order valence-electron chi connectivity index (χ4n) is 2.79. The maximum absolute atomic E-state index is 11.8. The van der Waals surface area contributed by atoms with Crippen LogP contribution in [0.2, 0.25) is 0 Å². The van der Waals surface area contributed by atoms with Crippen molar-refractivity contribution < 1.29 is 9.90 Å². The highest BCUT2D eigenvalue weighted by molar-refractivity contribution is 5.85. The molecule has 0 saturated heterocycles. The van der Waals surface area contributed by atoms with Crippen LogP contribution in [0.15, 0.2) is 6.07 Å². The molecule has 1 amide bonds. The van der Waals surface area contributed by atoms with Crippen molar-refractivity contribution in [2.45, 2.75) is 45.4 Å². The van der Waals surface area contributed by atoms with Gasteiger partial charge in [-0.3, -0.25) is 14.4 Å². The quantitative estimate of drug-likeness (QED) is 0.641. The average molecular weight is 382 g/mol. The van der Waals surface area contributed by atoms with Crippen molar-refractivity contribution in [1.82, 2.24) is 25.3 Å². The van der Waals surface area contributed by atoms with Crippen molar-refractivity contribution in [3.05, 3.63) is 17.5 Å². The molecule has 1 aliphatic heterocycles. The summed E-state index contributed by atoms with van der Waals surface area (Å²) in [6.45, 7) is 6.45. The van der Waals surface area contributed by atoms with E-state index in [0.29, 0.717) is 6.54 Å². The van der Waals surface area contributed by atoms with Gasteiger partial charge in [0.2, 0.25) is 5.91 Å². The number of likely N-dealkylation sites (N-methyl/N-ethyl adjacent to an activating group) is 1. The van der Waals surface area contributed by atoms with Gasteiger partial charge in [-0.15, -0.1) is 24.8 Å². The summed E-state index contributed by atoms with van der Waals surface area (Å²) < 4.78 is 2.05. The smallest absolute Gasteiger partial charge is 0.239 e. The molecule has 3 N–H and O–H groups in total. The lowest BCUT2D eigenvalue weighted by atomic mass is 10.2. The third kappa shape index (κ3) is 6.22. The highest BCUT2D eigenvalue weighted by Gasteiger charge is 2.18. The Labute approximate surface area is 156 Å². The lowest BCUT2D eigenvalue weighted by Crippen LogP contribution is -2.44. The molecular formula is C15H29Cl2N5O2.